The average Bonchev–Trinajstić information content (AvgIpc) is 0.759. The van der Waals surface area contributed by atoms with Gasteiger partial charge in [-0.25, -0.2) is 0 Å². The van der Waals surface area contributed by atoms with Gasteiger partial charge in [0.1, 0.15) is 0 Å². The van der Waals surface area contributed by atoms with Gasteiger partial charge in [-0.2, -0.15) is 0 Å². The van der Waals surface area contributed by atoms with Crippen molar-refractivity contribution in [1.82, 2.24) is 0 Å². The van der Waals surface area contributed by atoms with Crippen LogP contribution in [0.5, 0.6) is 0 Å². The Labute approximate surface area is 496 Å². The van der Waals surface area contributed by atoms with Crippen molar-refractivity contribution in [1.29, 1.82) is 0 Å². The Morgan fingerprint density at radius 1 is 0.116 bits per heavy atom. The van der Waals surface area contributed by atoms with Crippen molar-refractivity contribution in [3.05, 3.63) is 303 Å². The molecule has 0 aliphatic carbocycles. The van der Waals surface area contributed by atoms with Gasteiger partial charge in [0.25, 0.3) is 0 Å². The fourth-order valence-electron chi connectivity index (χ4n) is 15.9. The van der Waals surface area contributed by atoms with Crippen LogP contribution in [0.4, 0.5) is 0 Å². The van der Waals surface area contributed by atoms with Crippen LogP contribution < -0.4 is 0 Å². The minimum absolute atomic E-state index is 1.18. The van der Waals surface area contributed by atoms with Gasteiger partial charge in [0.2, 0.25) is 0 Å². The molecule has 0 atom stereocenters. The summed E-state index contributed by atoms with van der Waals surface area (Å²) in [6.45, 7) is 0. The quantitative estimate of drug-likeness (QED) is 0.115. The van der Waals surface area contributed by atoms with Crippen LogP contribution in [0.3, 0.4) is 0 Å². The van der Waals surface area contributed by atoms with Gasteiger partial charge in [0, 0.05) is 0 Å². The molecule has 0 bridgehead atoms. The summed E-state index contributed by atoms with van der Waals surface area (Å²) in [6.07, 6.45) is 0. The average molecular weight is 1080 g/mol. The molecule has 0 nitrogen and oxygen atoms in total. The lowest BCUT2D eigenvalue weighted by Crippen LogP contribution is -1.98. The van der Waals surface area contributed by atoms with Crippen LogP contribution in [-0.4, -0.2) is 0 Å². The molecule has 0 saturated carbocycles. The monoisotopic (exact) mass is 1080 g/mol. The summed E-state index contributed by atoms with van der Waals surface area (Å²) in [5.41, 5.74) is 14.6. The molecule has 394 valence electrons. The summed E-state index contributed by atoms with van der Waals surface area (Å²) in [7, 11) is 0. The molecule has 86 heavy (non-hydrogen) atoms. The van der Waals surface area contributed by atoms with Crippen LogP contribution >= 0.6 is 0 Å². The predicted molar refractivity (Wildman–Crippen MR) is 372 cm³/mol. The van der Waals surface area contributed by atoms with Gasteiger partial charge in [-0.1, -0.05) is 279 Å². The summed E-state index contributed by atoms with van der Waals surface area (Å²) in [5, 5.41) is 30.4. The van der Waals surface area contributed by atoms with Gasteiger partial charge < -0.3 is 0 Å². The molecule has 0 radical (unpaired) electrons. The molecule has 0 saturated heterocycles. The van der Waals surface area contributed by atoms with Crippen molar-refractivity contribution in [2.24, 2.45) is 0 Å². The van der Waals surface area contributed by atoms with Crippen LogP contribution in [0.15, 0.2) is 303 Å². The van der Waals surface area contributed by atoms with E-state index < -0.39 is 0 Å². The molecule has 0 aliphatic heterocycles. The highest BCUT2D eigenvalue weighted by Gasteiger charge is 2.29. The van der Waals surface area contributed by atoms with E-state index in [2.05, 4.69) is 303 Å². The third kappa shape index (κ3) is 6.59. The maximum atomic E-state index is 2.61. The van der Waals surface area contributed by atoms with Crippen molar-refractivity contribution in [3.63, 3.8) is 0 Å². The summed E-state index contributed by atoms with van der Waals surface area (Å²) in [4.78, 5) is 0. The Bertz CT molecular complexity index is 5290. The second-order valence-corrected chi connectivity index (χ2v) is 23.6. The number of fused-ring (bicyclic) bond motifs is 10. The van der Waals surface area contributed by atoms with Crippen molar-refractivity contribution < 1.29 is 0 Å². The van der Waals surface area contributed by atoms with E-state index >= 15 is 0 Å². The van der Waals surface area contributed by atoms with E-state index in [0.29, 0.717) is 0 Å². The van der Waals surface area contributed by atoms with Crippen LogP contribution in [0.2, 0.25) is 0 Å². The van der Waals surface area contributed by atoms with Gasteiger partial charge in [0.15, 0.2) is 0 Å². The maximum absolute atomic E-state index is 2.61. The van der Waals surface area contributed by atoms with Crippen molar-refractivity contribution >= 4 is 129 Å². The standard InChI is InChI=1S/C86H50/c1-7-23-51(24-8-1)73-65-47-69-71(81(55-31-15-5-16-32-55)85-63-41-21-37-59-45-43-57-35-19-39-61(75(57)77(59)63)83(85)79(69)53-27-11-3-12-28-53)49-67(65)74(52-25-9-2-10-26-52)68-50-72-70(48-66(68)73)80(54-29-13-4-14-30-54)84-62-40-20-36-58-44-46-60-38-22-42-64(78(60)76(58)62)86(84)82(72)56-33-17-6-18-34-56/h1-50H. The van der Waals surface area contributed by atoms with Gasteiger partial charge in [-0.05, 0) is 220 Å². The summed E-state index contributed by atoms with van der Waals surface area (Å²) in [5.74, 6) is 0. The molecule has 19 aromatic carbocycles. The lowest BCUT2D eigenvalue weighted by Gasteiger charge is -2.26. The van der Waals surface area contributed by atoms with Crippen LogP contribution in [0.1, 0.15) is 0 Å². The Morgan fingerprint density at radius 2 is 0.302 bits per heavy atom. The van der Waals surface area contributed by atoms with E-state index in [1.165, 1.54) is 196 Å². The molecule has 0 fully saturated rings. The van der Waals surface area contributed by atoms with E-state index in [1.807, 2.05) is 0 Å². The Kier molecular flexibility index (Phi) is 9.99. The Hall–Kier alpha value is -11.2. The van der Waals surface area contributed by atoms with Crippen molar-refractivity contribution in [2.45, 2.75) is 0 Å². The lowest BCUT2D eigenvalue weighted by atomic mass is 9.77. The zero-order valence-corrected chi connectivity index (χ0v) is 46.9. The highest BCUT2D eigenvalue weighted by molar-refractivity contribution is 6.44. The lowest BCUT2D eigenvalue weighted by molar-refractivity contribution is 1.65. The molecule has 0 amide bonds. The highest BCUT2D eigenvalue weighted by atomic mass is 14.3. The molecular formula is C86H50. The molecule has 19 rings (SSSR count). The fourth-order valence-corrected chi connectivity index (χ4v) is 15.9. The second kappa shape index (κ2) is 18.2. The third-order valence-corrected chi connectivity index (χ3v) is 19.2. The first kappa shape index (κ1) is 47.3. The molecule has 0 N–H and O–H groups in total. The first-order valence-corrected chi connectivity index (χ1v) is 30.1. The van der Waals surface area contributed by atoms with Crippen molar-refractivity contribution in [2.75, 3.05) is 0 Å². The summed E-state index contributed by atoms with van der Waals surface area (Å²) in [6, 6.07) is 115. The van der Waals surface area contributed by atoms with E-state index in [0.717, 1.165) is 0 Å². The minimum atomic E-state index is 1.18. The second-order valence-electron chi connectivity index (χ2n) is 23.6. The van der Waals surface area contributed by atoms with Gasteiger partial charge in [-0.15, -0.1) is 0 Å². The number of rotatable bonds is 6. The van der Waals surface area contributed by atoms with Gasteiger partial charge in [0.05, 0.1) is 0 Å². The maximum Gasteiger partial charge on any atom is -0.000741 e. The molecule has 0 aliphatic rings. The first-order valence-electron chi connectivity index (χ1n) is 30.1. The minimum Gasteiger partial charge on any atom is -0.0622 e. The number of hydrogen-bond donors (Lipinski definition) is 0. The molecule has 0 spiro atoms. The smallest absolute Gasteiger partial charge is 0.000741 e. The third-order valence-electron chi connectivity index (χ3n) is 19.2. The van der Waals surface area contributed by atoms with Crippen LogP contribution in [0.25, 0.3) is 196 Å². The topological polar surface area (TPSA) is 0 Å². The largest absolute Gasteiger partial charge is 0.0622 e. The molecule has 19 aromatic rings. The fraction of sp³-hybridized carbons (Fsp3) is 0. The Balaban J connectivity index is 1.11. The SMILES string of the molecule is c1ccc(-c2c3cc4c(-c5ccccc5)c5c6cccc7ccc8cccc(c5c(-c5ccccc5)c4cc3c(-c3ccccc3)c3cc4c(-c5ccccc5)c5c9cccc%10ccc%11cccc(c5c(-c5ccccc5)c4cc23)c%11c%109)c8c76)cc1. The van der Waals surface area contributed by atoms with Gasteiger partial charge in [-0.3, -0.25) is 0 Å². The number of benzene rings is 19. The molecular weight excluding hydrogens is 1030 g/mol. The van der Waals surface area contributed by atoms with Crippen LogP contribution in [-0.2, 0) is 0 Å². The first-order chi connectivity index (χ1) is 42.7. The summed E-state index contributed by atoms with van der Waals surface area (Å²) < 4.78 is 0. The van der Waals surface area contributed by atoms with Crippen LogP contribution in [0, 0.1) is 0 Å². The highest BCUT2D eigenvalue weighted by Crippen LogP contribution is 2.57. The predicted octanol–water partition coefficient (Wildman–Crippen LogP) is 24.4. The van der Waals surface area contributed by atoms with Gasteiger partial charge >= 0.3 is 0 Å². The zero-order chi connectivity index (χ0) is 56.1. The normalized spacial score (nSPS) is 12.2. The molecule has 0 heteroatoms. The molecule has 0 unspecified atom stereocenters. The van der Waals surface area contributed by atoms with E-state index in [1.54, 1.807) is 0 Å². The summed E-state index contributed by atoms with van der Waals surface area (Å²) >= 11 is 0. The Morgan fingerprint density at radius 3 is 0.512 bits per heavy atom. The van der Waals surface area contributed by atoms with Crippen molar-refractivity contribution in [3.8, 4) is 66.8 Å². The molecule has 0 aromatic heterocycles. The molecule has 0 heterocycles. The van der Waals surface area contributed by atoms with E-state index in [-0.39, 0.29) is 0 Å². The van der Waals surface area contributed by atoms with E-state index in [9.17, 15) is 0 Å². The van der Waals surface area contributed by atoms with E-state index in [4.69, 9.17) is 0 Å². The zero-order valence-electron chi connectivity index (χ0n) is 46.9. The number of hydrogen-bond acceptors (Lipinski definition) is 0.